The number of hydrogen-bond donors (Lipinski definition) is 0. The van der Waals surface area contributed by atoms with Gasteiger partial charge in [0.25, 0.3) is 0 Å². The number of piperazine rings is 1. The molecule has 0 N–H and O–H groups in total. The molecule has 0 atom stereocenters. The first-order valence-corrected chi connectivity index (χ1v) is 13.2. The van der Waals surface area contributed by atoms with Gasteiger partial charge in [-0.15, -0.1) is 0 Å². The van der Waals surface area contributed by atoms with E-state index in [0.29, 0.717) is 37.8 Å². The van der Waals surface area contributed by atoms with Crippen molar-refractivity contribution in [3.63, 3.8) is 0 Å². The number of benzene rings is 2. The summed E-state index contributed by atoms with van der Waals surface area (Å²) < 4.78 is 31.6. The van der Waals surface area contributed by atoms with Gasteiger partial charge in [0.15, 0.2) is 15.0 Å². The van der Waals surface area contributed by atoms with Crippen molar-refractivity contribution in [2.24, 2.45) is 0 Å². The summed E-state index contributed by atoms with van der Waals surface area (Å²) >= 11 is 7.43. The number of thiazole rings is 1. The van der Waals surface area contributed by atoms with Crippen LogP contribution in [0.25, 0.3) is 10.2 Å². The Morgan fingerprint density at radius 2 is 1.84 bits per heavy atom. The van der Waals surface area contributed by atoms with Gasteiger partial charge in [-0.1, -0.05) is 22.9 Å². The van der Waals surface area contributed by atoms with Crippen LogP contribution in [0, 0.1) is 0 Å². The fourth-order valence-electron chi connectivity index (χ4n) is 3.57. The molecule has 1 fully saturated rings. The Labute approximate surface area is 196 Å². The van der Waals surface area contributed by atoms with E-state index in [1.165, 1.54) is 24.3 Å². The minimum atomic E-state index is -3.52. The first-order chi connectivity index (χ1) is 15.4. The average molecular weight is 494 g/mol. The lowest BCUT2D eigenvalue weighted by molar-refractivity contribution is -0.131. The van der Waals surface area contributed by atoms with Crippen LogP contribution in [0.3, 0.4) is 0 Å². The molecule has 1 aromatic heterocycles. The molecule has 1 aliphatic rings. The predicted molar refractivity (Wildman–Crippen MR) is 128 cm³/mol. The monoisotopic (exact) mass is 493 g/mol. The number of ether oxygens (including phenoxy) is 1. The molecule has 1 amide bonds. The lowest BCUT2D eigenvalue weighted by Crippen LogP contribution is -2.49. The van der Waals surface area contributed by atoms with E-state index in [2.05, 4.69) is 4.90 Å². The van der Waals surface area contributed by atoms with E-state index in [-0.39, 0.29) is 23.0 Å². The number of carbonyl (C=O) groups is 1. The molecule has 1 aliphatic heterocycles. The van der Waals surface area contributed by atoms with E-state index in [1.54, 1.807) is 16.2 Å². The quantitative estimate of drug-likeness (QED) is 0.497. The van der Waals surface area contributed by atoms with Gasteiger partial charge in [-0.05, 0) is 49.4 Å². The van der Waals surface area contributed by atoms with E-state index >= 15 is 0 Å². The first kappa shape index (κ1) is 22.8. The Morgan fingerprint density at radius 3 is 2.53 bits per heavy atom. The van der Waals surface area contributed by atoms with Gasteiger partial charge in [-0.25, -0.2) is 13.4 Å². The molecule has 0 saturated carbocycles. The van der Waals surface area contributed by atoms with Crippen molar-refractivity contribution in [2.75, 3.05) is 43.4 Å². The van der Waals surface area contributed by atoms with E-state index in [4.69, 9.17) is 21.3 Å². The SMILES string of the molecule is CCOc1ccc2nc(N3CCN(C(=O)CCS(=O)(=O)c4ccc(Cl)cc4)CC3)sc2c1. The molecule has 0 aliphatic carbocycles. The Kier molecular flexibility index (Phi) is 6.88. The molecule has 7 nitrogen and oxygen atoms in total. The smallest absolute Gasteiger partial charge is 0.223 e. The second-order valence-electron chi connectivity index (χ2n) is 7.45. The lowest BCUT2D eigenvalue weighted by atomic mass is 10.3. The summed E-state index contributed by atoms with van der Waals surface area (Å²) in [4.78, 5) is 21.4. The van der Waals surface area contributed by atoms with Crippen molar-refractivity contribution in [1.82, 2.24) is 9.88 Å². The third-order valence-corrected chi connectivity index (χ3v) is 8.38. The molecule has 2 heterocycles. The van der Waals surface area contributed by atoms with E-state index in [1.807, 2.05) is 25.1 Å². The molecule has 2 aromatic carbocycles. The molecule has 3 aromatic rings. The van der Waals surface area contributed by atoms with Crippen molar-refractivity contribution in [3.8, 4) is 5.75 Å². The Morgan fingerprint density at radius 1 is 1.12 bits per heavy atom. The van der Waals surface area contributed by atoms with Crippen molar-refractivity contribution in [2.45, 2.75) is 18.2 Å². The number of carbonyl (C=O) groups excluding carboxylic acids is 1. The molecule has 10 heteroatoms. The second kappa shape index (κ2) is 9.64. The van der Waals surface area contributed by atoms with Crippen LogP contribution in [0.5, 0.6) is 5.75 Å². The molecule has 1 saturated heterocycles. The third kappa shape index (κ3) is 5.16. The van der Waals surface area contributed by atoms with Gasteiger partial charge < -0.3 is 14.5 Å². The highest BCUT2D eigenvalue weighted by Gasteiger charge is 2.25. The summed E-state index contributed by atoms with van der Waals surface area (Å²) in [5, 5.41) is 1.40. The van der Waals surface area contributed by atoms with Crippen LogP contribution >= 0.6 is 22.9 Å². The summed E-state index contributed by atoms with van der Waals surface area (Å²) in [5.41, 5.74) is 0.930. The molecular weight excluding hydrogens is 470 g/mol. The standard InChI is InChI=1S/C22H24ClN3O4S2/c1-2-30-17-5-8-19-20(15-17)31-22(24-19)26-12-10-25(11-13-26)21(27)9-14-32(28,29)18-6-3-16(23)4-7-18/h3-8,15H,2,9-14H2,1H3. The highest BCUT2D eigenvalue weighted by atomic mass is 35.5. The summed E-state index contributed by atoms with van der Waals surface area (Å²) in [6.07, 6.45) is -0.0354. The number of aromatic nitrogens is 1. The average Bonchev–Trinajstić information content (AvgIpc) is 3.22. The summed E-state index contributed by atoms with van der Waals surface area (Å²) in [5.74, 6) is 0.472. The normalized spacial score (nSPS) is 14.7. The summed E-state index contributed by atoms with van der Waals surface area (Å²) in [6.45, 7) is 4.98. The first-order valence-electron chi connectivity index (χ1n) is 10.4. The molecular formula is C22H24ClN3O4S2. The highest BCUT2D eigenvalue weighted by Crippen LogP contribution is 2.32. The van der Waals surface area contributed by atoms with Crippen molar-refractivity contribution in [1.29, 1.82) is 0 Å². The van der Waals surface area contributed by atoms with Gasteiger partial charge in [0, 0.05) is 37.6 Å². The maximum atomic E-state index is 12.6. The van der Waals surface area contributed by atoms with Crippen molar-refractivity contribution >= 4 is 54.0 Å². The number of fused-ring (bicyclic) bond motifs is 1. The van der Waals surface area contributed by atoms with Crippen LogP contribution in [0.2, 0.25) is 5.02 Å². The third-order valence-electron chi connectivity index (χ3n) is 5.32. The number of anilines is 1. The minimum Gasteiger partial charge on any atom is -0.494 e. The largest absolute Gasteiger partial charge is 0.494 e. The van der Waals surface area contributed by atoms with Gasteiger partial charge >= 0.3 is 0 Å². The lowest BCUT2D eigenvalue weighted by Gasteiger charge is -2.34. The molecule has 32 heavy (non-hydrogen) atoms. The molecule has 0 spiro atoms. The van der Waals surface area contributed by atoms with Crippen molar-refractivity contribution in [3.05, 3.63) is 47.5 Å². The Bertz CT molecular complexity index is 1200. The number of hydrogen-bond acceptors (Lipinski definition) is 7. The zero-order valence-electron chi connectivity index (χ0n) is 17.7. The molecule has 0 unspecified atom stereocenters. The van der Waals surface area contributed by atoms with Crippen LogP contribution in [0.4, 0.5) is 5.13 Å². The van der Waals surface area contributed by atoms with Gasteiger partial charge in [0.1, 0.15) is 5.75 Å². The predicted octanol–water partition coefficient (Wildman–Crippen LogP) is 3.86. The molecule has 0 bridgehead atoms. The summed E-state index contributed by atoms with van der Waals surface area (Å²) in [7, 11) is -3.52. The van der Waals surface area contributed by atoms with Crippen LogP contribution in [-0.4, -0.2) is 62.7 Å². The van der Waals surface area contributed by atoms with Gasteiger partial charge in [-0.3, -0.25) is 4.79 Å². The molecule has 0 radical (unpaired) electrons. The van der Waals surface area contributed by atoms with Crippen LogP contribution in [0.15, 0.2) is 47.4 Å². The number of nitrogens with zero attached hydrogens (tertiary/aromatic N) is 3. The van der Waals surface area contributed by atoms with E-state index < -0.39 is 9.84 Å². The van der Waals surface area contributed by atoms with Gasteiger partial charge in [0.2, 0.25) is 5.91 Å². The van der Waals surface area contributed by atoms with Gasteiger partial charge in [0.05, 0.1) is 27.5 Å². The highest BCUT2D eigenvalue weighted by molar-refractivity contribution is 7.91. The van der Waals surface area contributed by atoms with Gasteiger partial charge in [-0.2, -0.15) is 0 Å². The van der Waals surface area contributed by atoms with E-state index in [9.17, 15) is 13.2 Å². The van der Waals surface area contributed by atoms with E-state index in [0.717, 1.165) is 21.1 Å². The van der Waals surface area contributed by atoms with Crippen LogP contribution in [-0.2, 0) is 14.6 Å². The Balaban J connectivity index is 1.32. The number of sulfone groups is 1. The van der Waals surface area contributed by atoms with Crippen LogP contribution < -0.4 is 9.64 Å². The number of amides is 1. The Hall–Kier alpha value is -2.36. The maximum Gasteiger partial charge on any atom is 0.223 e. The topological polar surface area (TPSA) is 79.8 Å². The second-order valence-corrected chi connectivity index (χ2v) is 11.0. The van der Waals surface area contributed by atoms with Crippen LogP contribution in [0.1, 0.15) is 13.3 Å². The fourth-order valence-corrected chi connectivity index (χ4v) is 5.97. The maximum absolute atomic E-state index is 12.6. The number of halogens is 1. The zero-order valence-corrected chi connectivity index (χ0v) is 20.0. The molecule has 170 valence electrons. The zero-order chi connectivity index (χ0) is 22.7. The number of rotatable bonds is 7. The van der Waals surface area contributed by atoms with Crippen molar-refractivity contribution < 1.29 is 17.9 Å². The fraction of sp³-hybridized carbons (Fsp3) is 0.364. The minimum absolute atomic E-state index is 0.0354. The summed E-state index contributed by atoms with van der Waals surface area (Å²) in [6, 6.07) is 11.9. The molecule has 4 rings (SSSR count).